The fraction of sp³-hybridized carbons (Fsp3) is 0.294. The van der Waals surface area contributed by atoms with Crippen LogP contribution in [0.15, 0.2) is 36.4 Å². The monoisotopic (exact) mass is 335 g/mol. The van der Waals surface area contributed by atoms with Crippen molar-refractivity contribution in [3.05, 3.63) is 46.4 Å². The summed E-state index contributed by atoms with van der Waals surface area (Å²) in [6.07, 6.45) is 0. The molecule has 0 bridgehead atoms. The van der Waals surface area contributed by atoms with Crippen LogP contribution in [0.4, 0.5) is 0 Å². The molecule has 0 unspecified atom stereocenters. The van der Waals surface area contributed by atoms with E-state index in [2.05, 4.69) is 16.7 Å². The summed E-state index contributed by atoms with van der Waals surface area (Å²) < 4.78 is 7.83. The van der Waals surface area contributed by atoms with E-state index in [1.165, 1.54) is 15.9 Å². The molecule has 0 saturated carbocycles. The molecule has 0 radical (unpaired) electrons. The molecule has 1 aliphatic heterocycles. The number of nitrogens with one attached hydrogen (secondary N) is 1. The molecule has 5 heteroatoms. The molecule has 0 aliphatic carbocycles. The van der Waals surface area contributed by atoms with Gasteiger partial charge in [0.05, 0.1) is 24.2 Å². The highest BCUT2D eigenvalue weighted by molar-refractivity contribution is 6.33. The first kappa shape index (κ1) is 14.3. The lowest BCUT2D eigenvalue weighted by atomic mass is 10.1. The standard InChI is InChI=1S/C17H16Cl2N2O/c18-12-1-3-16-14(9-12)15-10-13(19)2-4-17(15)21(16)11-20-5-7-22-8-6-20/h1-4,9-10H,5-8,11H2/p+1. The van der Waals surface area contributed by atoms with Crippen molar-refractivity contribution in [1.82, 2.24) is 4.57 Å². The number of rotatable bonds is 2. The maximum Gasteiger partial charge on any atom is 0.157 e. The van der Waals surface area contributed by atoms with Crippen LogP contribution in [0.2, 0.25) is 10.0 Å². The van der Waals surface area contributed by atoms with Gasteiger partial charge in [0.2, 0.25) is 0 Å². The summed E-state index contributed by atoms with van der Waals surface area (Å²) in [5.74, 6) is 0. The van der Waals surface area contributed by atoms with Crippen LogP contribution >= 0.6 is 23.2 Å². The molecule has 3 nitrogen and oxygen atoms in total. The fourth-order valence-electron chi connectivity index (χ4n) is 3.26. The second-order valence-corrected chi connectivity index (χ2v) is 6.64. The topological polar surface area (TPSA) is 18.6 Å². The lowest BCUT2D eigenvalue weighted by Gasteiger charge is -2.24. The zero-order chi connectivity index (χ0) is 15.1. The highest BCUT2D eigenvalue weighted by atomic mass is 35.5. The molecule has 22 heavy (non-hydrogen) atoms. The minimum atomic E-state index is 0.755. The van der Waals surface area contributed by atoms with Crippen LogP contribution in [0.3, 0.4) is 0 Å². The van der Waals surface area contributed by atoms with Crippen molar-refractivity contribution < 1.29 is 9.64 Å². The fourth-order valence-corrected chi connectivity index (χ4v) is 3.60. The van der Waals surface area contributed by atoms with Crippen LogP contribution in [0.5, 0.6) is 0 Å². The van der Waals surface area contributed by atoms with Gasteiger partial charge in [-0.2, -0.15) is 0 Å². The third-order valence-corrected chi connectivity index (χ3v) is 4.84. The minimum absolute atomic E-state index is 0.755. The molecule has 2 heterocycles. The summed E-state index contributed by atoms with van der Waals surface area (Å²) in [6.45, 7) is 4.70. The number of morpholine rings is 1. The van der Waals surface area contributed by atoms with Gasteiger partial charge in [-0.05, 0) is 36.4 Å². The lowest BCUT2D eigenvalue weighted by molar-refractivity contribution is -0.929. The van der Waals surface area contributed by atoms with Gasteiger partial charge < -0.3 is 9.64 Å². The molecule has 1 saturated heterocycles. The normalized spacial score (nSPS) is 16.6. The molecular weight excluding hydrogens is 319 g/mol. The van der Waals surface area contributed by atoms with Crippen molar-refractivity contribution in [1.29, 1.82) is 0 Å². The first-order valence-electron chi connectivity index (χ1n) is 7.51. The first-order chi connectivity index (χ1) is 10.7. The van der Waals surface area contributed by atoms with Crippen molar-refractivity contribution in [2.75, 3.05) is 26.3 Å². The number of fused-ring (bicyclic) bond motifs is 3. The number of hydrogen-bond donors (Lipinski definition) is 1. The maximum atomic E-state index is 6.20. The first-order valence-corrected chi connectivity index (χ1v) is 8.26. The average Bonchev–Trinajstić information content (AvgIpc) is 2.81. The van der Waals surface area contributed by atoms with E-state index < -0.39 is 0 Å². The number of hydrogen-bond acceptors (Lipinski definition) is 1. The number of benzene rings is 2. The number of nitrogens with zero attached hydrogens (tertiary/aromatic N) is 1. The summed E-state index contributed by atoms with van der Waals surface area (Å²) in [4.78, 5) is 1.54. The van der Waals surface area contributed by atoms with E-state index in [1.807, 2.05) is 24.3 Å². The number of quaternary nitrogens is 1. The van der Waals surface area contributed by atoms with E-state index in [1.54, 1.807) is 0 Å². The molecule has 3 aromatic rings. The molecular formula is C17H17Cl2N2O+. The summed E-state index contributed by atoms with van der Waals surface area (Å²) in [6, 6.07) is 12.2. The predicted octanol–water partition coefficient (Wildman–Crippen LogP) is 2.97. The molecule has 2 aromatic carbocycles. The quantitative estimate of drug-likeness (QED) is 0.762. The molecule has 114 valence electrons. The third-order valence-electron chi connectivity index (χ3n) is 4.37. The Labute approximate surface area is 139 Å². The van der Waals surface area contributed by atoms with Crippen LogP contribution < -0.4 is 4.90 Å². The Kier molecular flexibility index (Phi) is 3.74. The van der Waals surface area contributed by atoms with Crippen molar-refractivity contribution in [3.8, 4) is 0 Å². The summed E-state index contributed by atoms with van der Waals surface area (Å²) in [5, 5.41) is 3.84. The van der Waals surface area contributed by atoms with E-state index in [9.17, 15) is 0 Å². The second-order valence-electron chi connectivity index (χ2n) is 5.77. The van der Waals surface area contributed by atoms with Gasteiger partial charge in [-0.25, -0.2) is 0 Å². The van der Waals surface area contributed by atoms with Crippen molar-refractivity contribution >= 4 is 45.0 Å². The van der Waals surface area contributed by atoms with E-state index in [0.29, 0.717) is 0 Å². The molecule has 0 amide bonds. The van der Waals surface area contributed by atoms with Crippen molar-refractivity contribution in [2.24, 2.45) is 0 Å². The smallest absolute Gasteiger partial charge is 0.157 e. The zero-order valence-electron chi connectivity index (χ0n) is 12.1. The lowest BCUT2D eigenvalue weighted by Crippen LogP contribution is -3.13. The van der Waals surface area contributed by atoms with Gasteiger partial charge in [0.1, 0.15) is 13.1 Å². The Bertz CT molecular complexity index is 778. The minimum Gasteiger partial charge on any atom is -0.370 e. The Balaban J connectivity index is 1.90. The van der Waals surface area contributed by atoms with Gasteiger partial charge in [-0.15, -0.1) is 0 Å². The predicted molar refractivity (Wildman–Crippen MR) is 91.0 cm³/mol. The molecule has 1 aliphatic rings. The SMILES string of the molecule is Clc1ccc2c(c1)c1cc(Cl)ccc1n2C[NH+]1CCOCC1. The number of halogens is 2. The number of aromatic nitrogens is 1. The molecule has 4 rings (SSSR count). The third kappa shape index (κ3) is 2.48. The van der Waals surface area contributed by atoms with Crippen LogP contribution in [0.1, 0.15) is 0 Å². The average molecular weight is 336 g/mol. The van der Waals surface area contributed by atoms with Gasteiger partial charge >= 0.3 is 0 Å². The largest absolute Gasteiger partial charge is 0.370 e. The van der Waals surface area contributed by atoms with Gasteiger partial charge in [0, 0.05) is 20.8 Å². The summed E-state index contributed by atoms with van der Waals surface area (Å²) in [5.41, 5.74) is 2.42. The number of ether oxygens (including phenoxy) is 1. The second kappa shape index (κ2) is 5.74. The summed E-state index contributed by atoms with van der Waals surface area (Å²) >= 11 is 12.4. The molecule has 0 atom stereocenters. The van der Waals surface area contributed by atoms with Gasteiger partial charge in [0.25, 0.3) is 0 Å². The van der Waals surface area contributed by atoms with E-state index in [0.717, 1.165) is 53.8 Å². The van der Waals surface area contributed by atoms with E-state index in [-0.39, 0.29) is 0 Å². The van der Waals surface area contributed by atoms with Gasteiger partial charge in [-0.1, -0.05) is 23.2 Å². The highest BCUT2D eigenvalue weighted by Gasteiger charge is 2.18. The molecule has 0 spiro atoms. The maximum absolute atomic E-state index is 6.20. The van der Waals surface area contributed by atoms with Crippen LogP contribution in [0.25, 0.3) is 21.8 Å². The Morgan fingerprint density at radius 2 is 1.45 bits per heavy atom. The van der Waals surface area contributed by atoms with Crippen molar-refractivity contribution in [3.63, 3.8) is 0 Å². The highest BCUT2D eigenvalue weighted by Crippen LogP contribution is 2.32. The van der Waals surface area contributed by atoms with Crippen molar-refractivity contribution in [2.45, 2.75) is 6.67 Å². The van der Waals surface area contributed by atoms with E-state index in [4.69, 9.17) is 27.9 Å². The molecule has 1 N–H and O–H groups in total. The van der Waals surface area contributed by atoms with Crippen LogP contribution in [-0.4, -0.2) is 30.9 Å². The van der Waals surface area contributed by atoms with Crippen LogP contribution in [-0.2, 0) is 11.4 Å². The van der Waals surface area contributed by atoms with Gasteiger partial charge in [0.15, 0.2) is 6.67 Å². The van der Waals surface area contributed by atoms with E-state index >= 15 is 0 Å². The molecule has 1 aromatic heterocycles. The summed E-state index contributed by atoms with van der Waals surface area (Å²) in [7, 11) is 0. The van der Waals surface area contributed by atoms with Gasteiger partial charge in [-0.3, -0.25) is 4.57 Å². The Morgan fingerprint density at radius 1 is 0.909 bits per heavy atom. The van der Waals surface area contributed by atoms with Crippen LogP contribution in [0, 0.1) is 0 Å². The zero-order valence-corrected chi connectivity index (χ0v) is 13.6. The Hall–Kier alpha value is -1.26. The Morgan fingerprint density at radius 3 is 2.00 bits per heavy atom. The molecule has 1 fully saturated rings.